The lowest BCUT2D eigenvalue weighted by atomic mass is 9.99. The molecular formula is C19H21F2N5S. The van der Waals surface area contributed by atoms with Gasteiger partial charge in [-0.25, -0.2) is 13.8 Å². The Morgan fingerprint density at radius 1 is 1.22 bits per heavy atom. The van der Waals surface area contributed by atoms with E-state index in [4.69, 9.17) is 0 Å². The highest BCUT2D eigenvalue weighted by Gasteiger charge is 2.21. The minimum absolute atomic E-state index is 0.234. The van der Waals surface area contributed by atoms with Crippen molar-refractivity contribution in [2.24, 2.45) is 4.99 Å². The number of benzene rings is 1. The van der Waals surface area contributed by atoms with Gasteiger partial charge < -0.3 is 10.2 Å². The molecule has 0 aliphatic carbocycles. The molecule has 1 aromatic heterocycles. The molecule has 0 saturated heterocycles. The molecule has 0 bridgehead atoms. The largest absolute Gasteiger partial charge is 0.347 e. The van der Waals surface area contributed by atoms with Crippen LogP contribution in [-0.2, 0) is 0 Å². The van der Waals surface area contributed by atoms with Gasteiger partial charge in [0.05, 0.1) is 18.1 Å². The molecule has 8 heteroatoms. The van der Waals surface area contributed by atoms with Crippen molar-refractivity contribution in [3.8, 4) is 0 Å². The second-order valence-corrected chi connectivity index (χ2v) is 6.92. The molecule has 0 amide bonds. The third kappa shape index (κ3) is 4.27. The van der Waals surface area contributed by atoms with Gasteiger partial charge in [-0.1, -0.05) is 23.4 Å². The third-order valence-corrected chi connectivity index (χ3v) is 5.25. The number of hydrogen-bond donors (Lipinski definition) is 1. The highest BCUT2D eigenvalue weighted by atomic mass is 32.2. The average molecular weight is 389 g/mol. The number of hydrogen-bond acceptors (Lipinski definition) is 5. The number of nitrogens with one attached hydrogen (secondary N) is 1. The fourth-order valence-corrected chi connectivity index (χ4v) is 3.57. The lowest BCUT2D eigenvalue weighted by Gasteiger charge is -2.31. The van der Waals surface area contributed by atoms with Crippen LogP contribution < -0.4 is 5.32 Å². The summed E-state index contributed by atoms with van der Waals surface area (Å²) in [4.78, 5) is 15.3. The van der Waals surface area contributed by atoms with Gasteiger partial charge in [0.15, 0.2) is 5.17 Å². The Morgan fingerprint density at radius 2 is 1.96 bits per heavy atom. The quantitative estimate of drug-likeness (QED) is 0.626. The maximum Gasteiger partial charge on any atom is 0.158 e. The molecule has 3 rings (SSSR count). The van der Waals surface area contributed by atoms with Crippen LogP contribution in [-0.4, -0.2) is 46.4 Å². The monoisotopic (exact) mass is 389 g/mol. The van der Waals surface area contributed by atoms with Gasteiger partial charge in [-0.2, -0.15) is 0 Å². The van der Waals surface area contributed by atoms with Crippen LogP contribution >= 0.6 is 11.8 Å². The van der Waals surface area contributed by atoms with Gasteiger partial charge >= 0.3 is 0 Å². The molecule has 0 spiro atoms. The van der Waals surface area contributed by atoms with Crippen molar-refractivity contribution in [1.82, 2.24) is 14.9 Å². The summed E-state index contributed by atoms with van der Waals surface area (Å²) in [6.07, 6.45) is 6.06. The first-order valence-corrected chi connectivity index (χ1v) is 9.73. The fraction of sp³-hybridized carbons (Fsp3) is 0.316. The molecule has 1 aliphatic heterocycles. The summed E-state index contributed by atoms with van der Waals surface area (Å²) >= 11 is 1.62. The van der Waals surface area contributed by atoms with E-state index in [0.717, 1.165) is 29.4 Å². The Hall–Kier alpha value is -2.48. The molecule has 2 heterocycles. The smallest absolute Gasteiger partial charge is 0.158 e. The second-order valence-electron chi connectivity index (χ2n) is 6.15. The summed E-state index contributed by atoms with van der Waals surface area (Å²) in [6, 6.07) is 3.70. The van der Waals surface area contributed by atoms with Crippen molar-refractivity contribution in [3.05, 3.63) is 53.5 Å². The summed E-state index contributed by atoms with van der Waals surface area (Å²) in [5.41, 5.74) is 2.89. The number of aromatic nitrogens is 2. The molecule has 27 heavy (non-hydrogen) atoms. The van der Waals surface area contributed by atoms with E-state index < -0.39 is 11.6 Å². The van der Waals surface area contributed by atoms with E-state index in [-0.39, 0.29) is 11.5 Å². The molecule has 0 saturated carbocycles. The number of anilines is 2. The minimum atomic E-state index is -0.675. The molecule has 0 unspecified atom stereocenters. The zero-order valence-corrected chi connectivity index (χ0v) is 16.3. The lowest BCUT2D eigenvalue weighted by Crippen LogP contribution is -2.35. The van der Waals surface area contributed by atoms with Gasteiger partial charge in [-0.15, -0.1) is 0 Å². The van der Waals surface area contributed by atoms with Crippen LogP contribution in [0.2, 0.25) is 0 Å². The van der Waals surface area contributed by atoms with E-state index in [2.05, 4.69) is 32.1 Å². The Bertz CT molecular complexity index is 860. The maximum atomic E-state index is 13.8. The molecule has 0 fully saturated rings. The van der Waals surface area contributed by atoms with E-state index in [9.17, 15) is 8.78 Å². The molecule has 1 aliphatic rings. The molecule has 0 atom stereocenters. The first kappa shape index (κ1) is 19.3. The summed E-state index contributed by atoms with van der Waals surface area (Å²) < 4.78 is 27.5. The predicted octanol–water partition coefficient (Wildman–Crippen LogP) is 4.33. The van der Waals surface area contributed by atoms with Gasteiger partial charge in [0, 0.05) is 20.1 Å². The zero-order chi connectivity index (χ0) is 19.4. The summed E-state index contributed by atoms with van der Waals surface area (Å²) in [7, 11) is 1.79. The summed E-state index contributed by atoms with van der Waals surface area (Å²) in [5, 5.41) is 3.64. The van der Waals surface area contributed by atoms with Crippen LogP contribution in [0.4, 0.5) is 20.3 Å². The Balaban J connectivity index is 1.80. The van der Waals surface area contributed by atoms with Gasteiger partial charge in [-0.3, -0.25) is 9.98 Å². The Labute approximate surface area is 161 Å². The van der Waals surface area contributed by atoms with Crippen LogP contribution in [0.5, 0.6) is 0 Å². The van der Waals surface area contributed by atoms with Gasteiger partial charge in [-0.05, 0) is 37.3 Å². The highest BCUT2D eigenvalue weighted by molar-refractivity contribution is 8.13. The summed E-state index contributed by atoms with van der Waals surface area (Å²) in [5.74, 6) is -1.06. The van der Waals surface area contributed by atoms with Crippen molar-refractivity contribution in [2.75, 3.05) is 31.7 Å². The number of rotatable bonds is 3. The summed E-state index contributed by atoms with van der Waals surface area (Å²) in [6.45, 7) is 3.72. The first-order valence-electron chi connectivity index (χ1n) is 8.51. The molecule has 5 nitrogen and oxygen atoms in total. The first-order chi connectivity index (χ1) is 13.0. The lowest BCUT2D eigenvalue weighted by molar-refractivity contribution is 0.461. The van der Waals surface area contributed by atoms with Crippen molar-refractivity contribution in [2.45, 2.75) is 13.3 Å². The van der Waals surface area contributed by atoms with E-state index in [1.807, 2.05) is 6.26 Å². The van der Waals surface area contributed by atoms with Crippen LogP contribution in [0.15, 0.2) is 41.2 Å². The van der Waals surface area contributed by atoms with Crippen molar-refractivity contribution >= 4 is 34.0 Å². The van der Waals surface area contributed by atoms with Crippen LogP contribution in [0.3, 0.4) is 0 Å². The number of halogens is 2. The van der Waals surface area contributed by atoms with Crippen molar-refractivity contribution in [3.63, 3.8) is 0 Å². The van der Waals surface area contributed by atoms with Gasteiger partial charge in [0.1, 0.15) is 23.1 Å². The number of aliphatic imine (C=N–C) groups is 1. The number of nitrogens with zero attached hydrogens (tertiary/aromatic N) is 4. The van der Waals surface area contributed by atoms with E-state index >= 15 is 0 Å². The van der Waals surface area contributed by atoms with Crippen LogP contribution in [0, 0.1) is 11.6 Å². The number of para-hydroxylation sites is 1. The Kier molecular flexibility index (Phi) is 6.05. The van der Waals surface area contributed by atoms with E-state index in [1.165, 1.54) is 30.0 Å². The van der Waals surface area contributed by atoms with Crippen molar-refractivity contribution in [1.29, 1.82) is 0 Å². The molecule has 1 aromatic carbocycles. The van der Waals surface area contributed by atoms with E-state index in [1.54, 1.807) is 25.0 Å². The highest BCUT2D eigenvalue weighted by Crippen LogP contribution is 2.27. The second kappa shape index (κ2) is 8.47. The maximum absolute atomic E-state index is 13.8. The average Bonchev–Trinajstić information content (AvgIpc) is 2.68. The third-order valence-electron chi connectivity index (χ3n) is 4.44. The predicted molar refractivity (Wildman–Crippen MR) is 107 cm³/mol. The van der Waals surface area contributed by atoms with Crippen LogP contribution in [0.1, 0.15) is 19.0 Å². The van der Waals surface area contributed by atoms with Gasteiger partial charge in [0.2, 0.25) is 0 Å². The standard InChI is InChI=1S/C19H21F2N5S/c1-12-7-8-26(19(22-2)27-3)11-13(12)16-9-24-17(10-23-16)25-18-14(20)5-4-6-15(18)21/h4-6,9-10H,7-8,11H2,1-3H3,(H,24,25). The SMILES string of the molecule is CN=C(SC)N1CCC(C)=C(c2cnc(Nc3c(F)cccc3F)cn2)C1. The fourth-order valence-electron chi connectivity index (χ4n) is 2.98. The van der Waals surface area contributed by atoms with Crippen LogP contribution in [0.25, 0.3) is 5.57 Å². The number of thioether (sulfide) groups is 1. The normalized spacial score (nSPS) is 15.3. The minimum Gasteiger partial charge on any atom is -0.347 e. The molecule has 142 valence electrons. The van der Waals surface area contributed by atoms with Gasteiger partial charge in [0.25, 0.3) is 0 Å². The zero-order valence-electron chi connectivity index (χ0n) is 15.5. The topological polar surface area (TPSA) is 53.4 Å². The van der Waals surface area contributed by atoms with E-state index in [0.29, 0.717) is 6.54 Å². The Morgan fingerprint density at radius 3 is 2.56 bits per heavy atom. The molecule has 2 aromatic rings. The number of amidine groups is 1. The molecular weight excluding hydrogens is 368 g/mol. The van der Waals surface area contributed by atoms with Crippen molar-refractivity contribution < 1.29 is 8.78 Å². The molecule has 1 N–H and O–H groups in total. The molecule has 0 radical (unpaired) electrons.